The Morgan fingerprint density at radius 3 is 2.47 bits per heavy atom. The van der Waals surface area contributed by atoms with E-state index in [9.17, 15) is 24.3 Å². The molecular formula is C31H35NO6. The van der Waals surface area contributed by atoms with Crippen LogP contribution < -0.4 is 4.74 Å². The first kappa shape index (κ1) is 25.1. The van der Waals surface area contributed by atoms with E-state index in [4.69, 9.17) is 4.74 Å². The van der Waals surface area contributed by atoms with E-state index in [1.807, 2.05) is 13.0 Å². The monoisotopic (exact) mass is 517 g/mol. The van der Waals surface area contributed by atoms with Gasteiger partial charge in [0.15, 0.2) is 11.6 Å². The number of carbonyl (C=O) groups excluding carboxylic acids is 4. The Kier molecular flexibility index (Phi) is 5.89. The average molecular weight is 518 g/mol. The number of carbonyl (C=O) groups is 4. The van der Waals surface area contributed by atoms with Gasteiger partial charge < -0.3 is 9.84 Å². The van der Waals surface area contributed by atoms with Gasteiger partial charge in [0.05, 0.1) is 24.4 Å². The van der Waals surface area contributed by atoms with Crippen molar-refractivity contribution in [2.24, 2.45) is 29.1 Å². The zero-order valence-corrected chi connectivity index (χ0v) is 22.2. The van der Waals surface area contributed by atoms with Crippen molar-refractivity contribution in [2.75, 3.05) is 7.11 Å². The second-order valence-corrected chi connectivity index (χ2v) is 12.0. The molecule has 5 aliphatic rings. The van der Waals surface area contributed by atoms with Gasteiger partial charge in [-0.15, -0.1) is 0 Å². The molecule has 6 rings (SSSR count). The van der Waals surface area contributed by atoms with Gasteiger partial charge in [-0.2, -0.15) is 0 Å². The van der Waals surface area contributed by atoms with Crippen molar-refractivity contribution in [1.82, 2.24) is 4.90 Å². The maximum atomic E-state index is 14.0. The van der Waals surface area contributed by atoms with Crippen molar-refractivity contribution >= 4 is 23.4 Å². The van der Waals surface area contributed by atoms with E-state index in [0.29, 0.717) is 29.7 Å². The Balaban J connectivity index is 1.51. The largest absolute Gasteiger partial charge is 0.508 e. The molecule has 6 atom stereocenters. The van der Waals surface area contributed by atoms with Crippen LogP contribution in [-0.2, 0) is 19.2 Å². The Morgan fingerprint density at radius 2 is 1.76 bits per heavy atom. The average Bonchev–Trinajstić information content (AvgIpc) is 3.17. The van der Waals surface area contributed by atoms with E-state index in [2.05, 4.69) is 0 Å². The summed E-state index contributed by atoms with van der Waals surface area (Å²) in [5.74, 6) is -2.74. The van der Waals surface area contributed by atoms with Gasteiger partial charge in [-0.3, -0.25) is 24.1 Å². The SMILES string of the molecule is COc1cccc(O)c1[C@H]1C2=CC[C@@H]3C(=O)N(C4CCCCC4)C(=O)[C@@H]3[C@@H]2C[C@H]2C(=O)C=C(C)C(=O)[C@@]12C. The third kappa shape index (κ3) is 3.33. The first-order valence-electron chi connectivity index (χ1n) is 13.9. The van der Waals surface area contributed by atoms with Crippen LogP contribution in [0.4, 0.5) is 0 Å². The Hall–Kier alpha value is -3.22. The fourth-order valence-electron chi connectivity index (χ4n) is 8.43. The summed E-state index contributed by atoms with van der Waals surface area (Å²) < 4.78 is 5.67. The number of ketones is 2. The second kappa shape index (κ2) is 8.92. The van der Waals surface area contributed by atoms with Crippen LogP contribution in [0.1, 0.15) is 70.3 Å². The summed E-state index contributed by atoms with van der Waals surface area (Å²) in [6.07, 6.45) is 9.04. The summed E-state index contributed by atoms with van der Waals surface area (Å²) in [5, 5.41) is 11.1. The highest BCUT2D eigenvalue weighted by Crippen LogP contribution is 2.64. The van der Waals surface area contributed by atoms with Gasteiger partial charge >= 0.3 is 0 Å². The number of phenols is 1. The number of allylic oxidation sites excluding steroid dienone is 4. The lowest BCUT2D eigenvalue weighted by molar-refractivity contribution is -0.144. The van der Waals surface area contributed by atoms with Crippen LogP contribution in [0.25, 0.3) is 0 Å². The molecule has 200 valence electrons. The number of ether oxygens (including phenoxy) is 1. The van der Waals surface area contributed by atoms with Gasteiger partial charge in [-0.05, 0) is 62.3 Å². The van der Waals surface area contributed by atoms with E-state index in [1.54, 1.807) is 30.0 Å². The molecule has 1 saturated heterocycles. The number of phenolic OH excluding ortho intramolecular Hbond substituents is 1. The van der Waals surface area contributed by atoms with Crippen molar-refractivity contribution in [1.29, 1.82) is 0 Å². The van der Waals surface area contributed by atoms with Gasteiger partial charge in [-0.1, -0.05) is 43.9 Å². The minimum atomic E-state index is -1.15. The van der Waals surface area contributed by atoms with Crippen LogP contribution in [0.2, 0.25) is 0 Å². The third-order valence-electron chi connectivity index (χ3n) is 10.2. The molecule has 7 nitrogen and oxygen atoms in total. The predicted octanol–water partition coefficient (Wildman–Crippen LogP) is 4.49. The van der Waals surface area contributed by atoms with Gasteiger partial charge in [0.2, 0.25) is 11.8 Å². The van der Waals surface area contributed by atoms with Crippen molar-refractivity contribution in [3.8, 4) is 11.5 Å². The number of rotatable bonds is 3. The molecule has 0 radical (unpaired) electrons. The molecule has 1 aromatic rings. The number of methoxy groups -OCH3 is 1. The van der Waals surface area contributed by atoms with E-state index in [0.717, 1.165) is 37.7 Å². The topological polar surface area (TPSA) is 101 Å². The number of hydrogen-bond acceptors (Lipinski definition) is 6. The molecule has 2 saturated carbocycles. The molecule has 4 aliphatic carbocycles. The fraction of sp³-hybridized carbons (Fsp3) is 0.548. The lowest BCUT2D eigenvalue weighted by Crippen LogP contribution is -2.55. The molecule has 0 aromatic heterocycles. The zero-order chi connectivity index (χ0) is 26.9. The predicted molar refractivity (Wildman–Crippen MR) is 139 cm³/mol. The van der Waals surface area contributed by atoms with E-state index >= 15 is 0 Å². The number of likely N-dealkylation sites (tertiary alicyclic amines) is 1. The van der Waals surface area contributed by atoms with Gasteiger partial charge in [0.1, 0.15) is 11.5 Å². The van der Waals surface area contributed by atoms with E-state index in [1.165, 1.54) is 13.2 Å². The minimum absolute atomic E-state index is 0.0110. The number of hydrogen-bond donors (Lipinski definition) is 1. The number of benzene rings is 1. The summed E-state index contributed by atoms with van der Waals surface area (Å²) in [5.41, 5.74) is 0.587. The summed E-state index contributed by atoms with van der Waals surface area (Å²) in [7, 11) is 1.52. The molecule has 7 heteroatoms. The number of amides is 2. The Labute approximate surface area is 222 Å². The molecule has 1 heterocycles. The number of aromatic hydroxyl groups is 1. The molecule has 1 N–H and O–H groups in total. The van der Waals surface area contributed by atoms with Gasteiger partial charge in [-0.25, -0.2) is 0 Å². The third-order valence-corrected chi connectivity index (χ3v) is 10.2. The highest BCUT2D eigenvalue weighted by Gasteiger charge is 2.64. The zero-order valence-electron chi connectivity index (χ0n) is 22.2. The van der Waals surface area contributed by atoms with Gasteiger partial charge in [0, 0.05) is 23.4 Å². The molecule has 0 spiro atoms. The molecule has 38 heavy (non-hydrogen) atoms. The summed E-state index contributed by atoms with van der Waals surface area (Å²) >= 11 is 0. The number of Topliss-reactive ketones (excluding diaryl/α,β-unsaturated/α-hetero) is 1. The second-order valence-electron chi connectivity index (χ2n) is 12.0. The normalized spacial score (nSPS) is 35.3. The first-order chi connectivity index (χ1) is 18.2. The molecular weight excluding hydrogens is 482 g/mol. The van der Waals surface area contributed by atoms with E-state index in [-0.39, 0.29) is 41.1 Å². The molecule has 1 aromatic carbocycles. The summed E-state index contributed by atoms with van der Waals surface area (Å²) in [6.45, 7) is 3.49. The van der Waals surface area contributed by atoms with Gasteiger partial charge in [0.25, 0.3) is 0 Å². The van der Waals surface area contributed by atoms with E-state index < -0.39 is 29.1 Å². The number of imide groups is 1. The Bertz CT molecular complexity index is 1300. The maximum absolute atomic E-state index is 14.0. The van der Waals surface area contributed by atoms with Crippen LogP contribution in [0.15, 0.2) is 41.5 Å². The van der Waals surface area contributed by atoms with Crippen molar-refractivity contribution in [3.05, 3.63) is 47.1 Å². The van der Waals surface area contributed by atoms with Crippen molar-refractivity contribution < 1.29 is 29.0 Å². The summed E-state index contributed by atoms with van der Waals surface area (Å²) in [6, 6.07) is 4.95. The molecule has 3 fully saturated rings. The first-order valence-corrected chi connectivity index (χ1v) is 13.9. The quantitative estimate of drug-likeness (QED) is 0.468. The molecule has 0 bridgehead atoms. The molecule has 0 unspecified atom stereocenters. The molecule has 1 aliphatic heterocycles. The van der Waals surface area contributed by atoms with Crippen LogP contribution in [0, 0.1) is 29.1 Å². The standard InChI is InChI=1S/C31H35NO6/c1-16-14-23(34)21-15-20-18(27(31(21,2)28(16)35)26-22(33)10-7-11-24(26)38-3)12-13-19-25(20)30(37)32(29(19)36)17-8-5-4-6-9-17/h7,10-12,14,17,19-21,25,27,33H,4-6,8-9,13,15H2,1-3H3/t19-,20+,21-,25-,27+,31+/m0/s1. The number of fused-ring (bicyclic) bond motifs is 4. The van der Waals surface area contributed by atoms with Crippen molar-refractivity contribution in [3.63, 3.8) is 0 Å². The number of nitrogens with zero attached hydrogens (tertiary/aromatic N) is 1. The lowest BCUT2D eigenvalue weighted by atomic mass is 9.47. The lowest BCUT2D eigenvalue weighted by Gasteiger charge is -2.53. The van der Waals surface area contributed by atoms with Crippen LogP contribution in [0.5, 0.6) is 11.5 Å². The fourth-order valence-corrected chi connectivity index (χ4v) is 8.43. The van der Waals surface area contributed by atoms with Crippen molar-refractivity contribution in [2.45, 2.75) is 70.8 Å². The smallest absolute Gasteiger partial charge is 0.233 e. The van der Waals surface area contributed by atoms with Crippen LogP contribution in [0.3, 0.4) is 0 Å². The highest BCUT2D eigenvalue weighted by atomic mass is 16.5. The highest BCUT2D eigenvalue weighted by molar-refractivity contribution is 6.13. The van der Waals surface area contributed by atoms with Crippen LogP contribution in [-0.4, -0.2) is 46.5 Å². The molecule has 2 amide bonds. The Morgan fingerprint density at radius 1 is 1.03 bits per heavy atom. The maximum Gasteiger partial charge on any atom is 0.233 e. The summed E-state index contributed by atoms with van der Waals surface area (Å²) in [4.78, 5) is 56.6. The minimum Gasteiger partial charge on any atom is -0.508 e. The van der Waals surface area contributed by atoms with Crippen LogP contribution >= 0.6 is 0 Å².